The van der Waals surface area contributed by atoms with E-state index in [1.807, 2.05) is 74.6 Å². The number of nitrogens with two attached hydrogens (primary N) is 1. The molecule has 1 fully saturated rings. The summed E-state index contributed by atoms with van der Waals surface area (Å²) in [4.78, 5) is 17.1. The number of thiophene rings is 1. The standard InChI is InChI=1S/C32H36ClN5O3S/c1-6-38(30-17-29(31(42-30)32(34)39)40-21(3)24-9-7-8-10-26(24)33)27-16-28(41-23-11-13-36(4)14-12-23)25(15-20(27)2)22-18-35-37(5)19-22/h6-10,15-19,21,23H,1,11-14H2,2-5H3,(H2,34,39)/t21-/m1/s1. The molecular formula is C32H36ClN5O3S. The van der Waals surface area contributed by atoms with Crippen LogP contribution in [0.4, 0.5) is 10.7 Å². The predicted octanol–water partition coefficient (Wildman–Crippen LogP) is 7.10. The number of aromatic nitrogens is 2. The Labute approximate surface area is 255 Å². The molecule has 0 spiro atoms. The normalized spacial score (nSPS) is 14.9. The minimum atomic E-state index is -0.563. The summed E-state index contributed by atoms with van der Waals surface area (Å²) in [6, 6.07) is 13.5. The summed E-state index contributed by atoms with van der Waals surface area (Å²) in [6.07, 6.45) is 7.18. The van der Waals surface area contributed by atoms with Gasteiger partial charge in [0.25, 0.3) is 5.91 Å². The van der Waals surface area contributed by atoms with Crippen LogP contribution >= 0.6 is 22.9 Å². The number of carbonyl (C=O) groups excluding carboxylic acids is 1. The molecule has 1 atom stereocenters. The SMILES string of the molecule is C=CN(c1cc(O[C@H](C)c2ccccc2Cl)c(C(N)=O)s1)c1cc(OC2CCN(C)CC2)c(-c2cnn(C)c2)cc1C. The molecule has 8 nitrogen and oxygen atoms in total. The Morgan fingerprint density at radius 1 is 1.21 bits per heavy atom. The van der Waals surface area contributed by atoms with E-state index in [0.29, 0.717) is 15.6 Å². The Morgan fingerprint density at radius 2 is 1.95 bits per heavy atom. The first kappa shape index (κ1) is 29.7. The number of hydrogen-bond donors (Lipinski definition) is 1. The number of anilines is 2. The Morgan fingerprint density at radius 3 is 2.60 bits per heavy atom. The second kappa shape index (κ2) is 12.6. The maximum atomic E-state index is 12.5. The highest BCUT2D eigenvalue weighted by Gasteiger charge is 2.25. The zero-order valence-electron chi connectivity index (χ0n) is 24.3. The number of piperidine rings is 1. The molecule has 0 saturated carbocycles. The van der Waals surface area contributed by atoms with Gasteiger partial charge in [-0.3, -0.25) is 9.48 Å². The van der Waals surface area contributed by atoms with E-state index in [0.717, 1.165) is 64.6 Å². The number of rotatable bonds is 10. The monoisotopic (exact) mass is 605 g/mol. The van der Waals surface area contributed by atoms with Gasteiger partial charge in [0, 0.05) is 66.4 Å². The molecule has 1 aliphatic heterocycles. The number of aryl methyl sites for hydroxylation is 2. The molecule has 0 aliphatic carbocycles. The Bertz CT molecular complexity index is 1590. The minimum absolute atomic E-state index is 0.110. The van der Waals surface area contributed by atoms with E-state index in [-0.39, 0.29) is 6.10 Å². The van der Waals surface area contributed by atoms with E-state index < -0.39 is 12.0 Å². The van der Waals surface area contributed by atoms with Crippen molar-refractivity contribution in [2.45, 2.75) is 38.9 Å². The second-order valence-corrected chi connectivity index (χ2v) is 12.1. The quantitative estimate of drug-likeness (QED) is 0.207. The summed E-state index contributed by atoms with van der Waals surface area (Å²) in [6.45, 7) is 10.0. The van der Waals surface area contributed by atoms with Crippen molar-refractivity contribution in [3.63, 3.8) is 0 Å². The van der Waals surface area contributed by atoms with Gasteiger partial charge >= 0.3 is 0 Å². The Hall–Kier alpha value is -3.79. The first-order valence-electron chi connectivity index (χ1n) is 13.9. The first-order valence-corrected chi connectivity index (χ1v) is 15.1. The van der Waals surface area contributed by atoms with E-state index >= 15 is 0 Å². The van der Waals surface area contributed by atoms with Crippen LogP contribution in [-0.4, -0.2) is 46.8 Å². The Balaban J connectivity index is 1.52. The Kier molecular flexibility index (Phi) is 8.91. The van der Waals surface area contributed by atoms with Crippen molar-refractivity contribution in [3.05, 3.63) is 88.7 Å². The molecule has 220 valence electrons. The van der Waals surface area contributed by atoms with Crippen LogP contribution in [0.15, 0.2) is 67.6 Å². The van der Waals surface area contributed by atoms with Gasteiger partial charge in [-0.2, -0.15) is 5.10 Å². The number of halogens is 1. The third kappa shape index (κ3) is 6.33. The van der Waals surface area contributed by atoms with Crippen LogP contribution in [0.2, 0.25) is 5.02 Å². The lowest BCUT2D eigenvalue weighted by atomic mass is 10.0. The van der Waals surface area contributed by atoms with Crippen LogP contribution in [-0.2, 0) is 7.05 Å². The minimum Gasteiger partial charge on any atom is -0.490 e. The van der Waals surface area contributed by atoms with Gasteiger partial charge in [0.1, 0.15) is 33.6 Å². The molecule has 2 aromatic carbocycles. The van der Waals surface area contributed by atoms with Crippen molar-refractivity contribution in [1.29, 1.82) is 0 Å². The average Bonchev–Trinajstić information content (AvgIpc) is 3.58. The maximum absolute atomic E-state index is 12.5. The number of primary amides is 1. The van der Waals surface area contributed by atoms with Gasteiger partial charge in [0.2, 0.25) is 0 Å². The number of hydrogen-bond acceptors (Lipinski definition) is 7. The largest absolute Gasteiger partial charge is 0.490 e. The number of benzene rings is 2. The highest BCUT2D eigenvalue weighted by Crippen LogP contribution is 2.44. The van der Waals surface area contributed by atoms with E-state index in [9.17, 15) is 4.79 Å². The number of ether oxygens (including phenoxy) is 2. The summed E-state index contributed by atoms with van der Waals surface area (Å²) < 4.78 is 14.7. The lowest BCUT2D eigenvalue weighted by Gasteiger charge is -2.30. The predicted molar refractivity (Wildman–Crippen MR) is 170 cm³/mol. The zero-order chi connectivity index (χ0) is 30.0. The lowest BCUT2D eigenvalue weighted by molar-refractivity contribution is 0.0998. The maximum Gasteiger partial charge on any atom is 0.262 e. The molecule has 42 heavy (non-hydrogen) atoms. The van der Waals surface area contributed by atoms with Crippen LogP contribution in [0.1, 0.15) is 46.7 Å². The third-order valence-electron chi connectivity index (χ3n) is 7.51. The van der Waals surface area contributed by atoms with Gasteiger partial charge in [-0.1, -0.05) is 36.4 Å². The van der Waals surface area contributed by atoms with Crippen LogP contribution in [0, 0.1) is 6.92 Å². The van der Waals surface area contributed by atoms with Gasteiger partial charge in [-0.05, 0) is 51.4 Å². The van der Waals surface area contributed by atoms with E-state index in [2.05, 4.69) is 29.7 Å². The van der Waals surface area contributed by atoms with E-state index in [1.165, 1.54) is 11.3 Å². The van der Waals surface area contributed by atoms with Crippen molar-refractivity contribution in [2.24, 2.45) is 12.8 Å². The molecule has 5 rings (SSSR count). The van der Waals surface area contributed by atoms with Crippen LogP contribution in [0.25, 0.3) is 11.1 Å². The lowest BCUT2D eigenvalue weighted by Crippen LogP contribution is -2.35. The summed E-state index contributed by atoms with van der Waals surface area (Å²) in [7, 11) is 4.04. The smallest absolute Gasteiger partial charge is 0.262 e. The van der Waals surface area contributed by atoms with Crippen LogP contribution in [0.5, 0.6) is 11.5 Å². The molecular weight excluding hydrogens is 570 g/mol. The molecule has 1 amide bonds. The molecule has 10 heteroatoms. The zero-order valence-corrected chi connectivity index (χ0v) is 25.9. The highest BCUT2D eigenvalue weighted by atomic mass is 35.5. The van der Waals surface area contributed by atoms with Gasteiger partial charge in [-0.15, -0.1) is 11.3 Å². The van der Waals surface area contributed by atoms with Crippen LogP contribution in [0.3, 0.4) is 0 Å². The van der Waals surface area contributed by atoms with Crippen molar-refractivity contribution in [2.75, 3.05) is 25.0 Å². The van der Waals surface area contributed by atoms with Gasteiger partial charge in [-0.25, -0.2) is 0 Å². The summed E-state index contributed by atoms with van der Waals surface area (Å²) in [5.41, 5.74) is 10.5. The molecule has 1 aliphatic rings. The van der Waals surface area contributed by atoms with E-state index in [1.54, 1.807) is 10.9 Å². The van der Waals surface area contributed by atoms with Crippen molar-refractivity contribution < 1.29 is 14.3 Å². The van der Waals surface area contributed by atoms with Crippen LogP contribution < -0.4 is 20.1 Å². The summed E-state index contributed by atoms with van der Waals surface area (Å²) >= 11 is 7.66. The molecule has 1 saturated heterocycles. The van der Waals surface area contributed by atoms with Gasteiger partial charge < -0.3 is 25.0 Å². The fraction of sp³-hybridized carbons (Fsp3) is 0.312. The average molecular weight is 606 g/mol. The molecule has 3 heterocycles. The molecule has 0 radical (unpaired) electrons. The fourth-order valence-corrected chi connectivity index (χ4v) is 6.45. The summed E-state index contributed by atoms with van der Waals surface area (Å²) in [5, 5.41) is 5.72. The summed E-state index contributed by atoms with van der Waals surface area (Å²) in [5.74, 6) is 0.612. The van der Waals surface area contributed by atoms with E-state index in [4.69, 9.17) is 26.8 Å². The van der Waals surface area contributed by atoms with Crippen molar-refractivity contribution in [1.82, 2.24) is 14.7 Å². The van der Waals surface area contributed by atoms with Crippen molar-refractivity contribution >= 4 is 39.5 Å². The van der Waals surface area contributed by atoms with Gasteiger partial charge in [0.05, 0.1) is 11.9 Å². The third-order valence-corrected chi connectivity index (χ3v) is 8.98. The topological polar surface area (TPSA) is 85.8 Å². The first-order chi connectivity index (χ1) is 20.1. The highest BCUT2D eigenvalue weighted by molar-refractivity contribution is 7.18. The number of likely N-dealkylation sites (tertiary alicyclic amines) is 1. The molecule has 2 aromatic heterocycles. The molecule has 4 aromatic rings. The van der Waals surface area contributed by atoms with Crippen molar-refractivity contribution in [3.8, 4) is 22.6 Å². The number of amides is 1. The fourth-order valence-electron chi connectivity index (χ4n) is 5.21. The molecule has 2 N–H and O–H groups in total. The van der Waals surface area contributed by atoms with Gasteiger partial charge in [0.15, 0.2) is 0 Å². The second-order valence-electron chi connectivity index (χ2n) is 10.6. The molecule has 0 bridgehead atoms. The number of carbonyl (C=O) groups is 1. The number of nitrogens with zero attached hydrogens (tertiary/aromatic N) is 4. The molecule has 0 unspecified atom stereocenters.